The van der Waals surface area contributed by atoms with Gasteiger partial charge in [0.05, 0.1) is 0 Å². The molecule has 0 aromatic heterocycles. The Balaban J connectivity index is 0. The minimum absolute atomic E-state index is 0. The van der Waals surface area contributed by atoms with Crippen LogP contribution in [0, 0.1) is 0 Å². The summed E-state index contributed by atoms with van der Waals surface area (Å²) in [6.45, 7) is 0. The summed E-state index contributed by atoms with van der Waals surface area (Å²) in [4.78, 5) is 0. The summed E-state index contributed by atoms with van der Waals surface area (Å²) in [6, 6.07) is 0. The van der Waals surface area contributed by atoms with Crippen LogP contribution < -0.4 is 0 Å². The standard InChI is InChI=1S/Co.Li.H2O.O/h;;1H2;/q+1;;;/p-1. The zero-order valence-electron chi connectivity index (χ0n) is 2.19. The van der Waals surface area contributed by atoms with E-state index in [9.17, 15) is 0 Å². The molecule has 0 aliphatic heterocycles. The van der Waals surface area contributed by atoms with E-state index in [2.05, 4.69) is 0 Å². The van der Waals surface area contributed by atoms with E-state index in [4.69, 9.17) is 8.08 Å². The van der Waals surface area contributed by atoms with Crippen LogP contribution in [0.1, 0.15) is 0 Å². The molecule has 2 nitrogen and oxygen atoms in total. The van der Waals surface area contributed by atoms with E-state index in [1.807, 2.05) is 0 Å². The third-order valence-corrected chi connectivity index (χ3v) is 0. The van der Waals surface area contributed by atoms with Crippen molar-refractivity contribution in [3.63, 3.8) is 0 Å². The SMILES string of the molecule is [Li].[O]=[Co][OH]. The third-order valence-electron chi connectivity index (χ3n) is 0. The average Bonchev–Trinajstić information content (AvgIpc) is 0.918. The predicted molar refractivity (Wildman–Crippen MR) is 8.66 cm³/mol. The molecule has 0 aliphatic carbocycles. The average molecular weight is 98.9 g/mol. The first-order chi connectivity index (χ1) is 1.41. The van der Waals surface area contributed by atoms with Crippen LogP contribution in [0.2, 0.25) is 0 Å². The van der Waals surface area contributed by atoms with Gasteiger partial charge in [0.25, 0.3) is 0 Å². The molecule has 1 radical (unpaired) electrons. The molecule has 4 heavy (non-hydrogen) atoms. The van der Waals surface area contributed by atoms with E-state index < -0.39 is 15.0 Å². The van der Waals surface area contributed by atoms with Crippen molar-refractivity contribution >= 4 is 18.9 Å². The van der Waals surface area contributed by atoms with Crippen molar-refractivity contribution in [1.82, 2.24) is 0 Å². The van der Waals surface area contributed by atoms with Crippen LogP contribution in [0.4, 0.5) is 0 Å². The molecule has 4 heteroatoms. The van der Waals surface area contributed by atoms with Gasteiger partial charge in [-0.3, -0.25) is 0 Å². The van der Waals surface area contributed by atoms with Gasteiger partial charge in [0.2, 0.25) is 0 Å². The summed E-state index contributed by atoms with van der Waals surface area (Å²) in [5.74, 6) is 0. The molecular formula is HCoLiO2. The Morgan fingerprint density at radius 1 is 1.75 bits per heavy atom. The first-order valence-electron chi connectivity index (χ1n) is 0.285. The molecule has 0 amide bonds. The van der Waals surface area contributed by atoms with Gasteiger partial charge >= 0.3 is 23.0 Å². The Hall–Kier alpha value is 0.864. The van der Waals surface area contributed by atoms with Crippen molar-refractivity contribution in [2.45, 2.75) is 0 Å². The van der Waals surface area contributed by atoms with Gasteiger partial charge in [-0.1, -0.05) is 0 Å². The van der Waals surface area contributed by atoms with Gasteiger partial charge in [0.15, 0.2) is 0 Å². The van der Waals surface area contributed by atoms with Crippen LogP contribution in [-0.4, -0.2) is 23.1 Å². The summed E-state index contributed by atoms with van der Waals surface area (Å²) >= 11 is -0.812. The molecule has 0 aromatic rings. The van der Waals surface area contributed by atoms with E-state index in [1.54, 1.807) is 0 Å². The van der Waals surface area contributed by atoms with Gasteiger partial charge in [0.1, 0.15) is 0 Å². The van der Waals surface area contributed by atoms with E-state index in [1.165, 1.54) is 0 Å². The molecule has 1 N–H and O–H groups in total. The van der Waals surface area contributed by atoms with Crippen LogP contribution in [0.3, 0.4) is 0 Å². The minimum atomic E-state index is -0.812. The fourth-order valence-corrected chi connectivity index (χ4v) is 0. The topological polar surface area (TPSA) is 37.3 Å². The summed E-state index contributed by atoms with van der Waals surface area (Å²) < 4.78 is 15.4. The Morgan fingerprint density at radius 2 is 1.75 bits per heavy atom. The summed E-state index contributed by atoms with van der Waals surface area (Å²) in [6.07, 6.45) is 0. The molecule has 0 atom stereocenters. The molecule has 0 bridgehead atoms. The zero-order chi connectivity index (χ0) is 2.71. The summed E-state index contributed by atoms with van der Waals surface area (Å²) in [7, 11) is 0. The molecule has 0 spiro atoms. The molecule has 0 rings (SSSR count). The molecule has 0 fully saturated rings. The third kappa shape index (κ3) is 13.3. The van der Waals surface area contributed by atoms with Crippen molar-refractivity contribution in [1.29, 1.82) is 0 Å². The van der Waals surface area contributed by atoms with Gasteiger partial charge in [-0.15, -0.1) is 0 Å². The van der Waals surface area contributed by atoms with Crippen LogP contribution >= 0.6 is 0 Å². The second kappa shape index (κ2) is 9.12. The Morgan fingerprint density at radius 3 is 1.75 bits per heavy atom. The molecule has 0 aromatic carbocycles. The first kappa shape index (κ1) is 8.85. The maximum absolute atomic E-state index is 8.45. The van der Waals surface area contributed by atoms with Crippen LogP contribution in [-0.2, 0) is 18.8 Å². The monoisotopic (exact) mass is 98.9 g/mol. The van der Waals surface area contributed by atoms with Gasteiger partial charge in [-0.25, -0.2) is 0 Å². The Labute approximate surface area is 42.3 Å². The van der Waals surface area contributed by atoms with Crippen molar-refractivity contribution in [3.8, 4) is 0 Å². The quantitative estimate of drug-likeness (QED) is 0.393. The van der Waals surface area contributed by atoms with E-state index >= 15 is 0 Å². The second-order valence-corrected chi connectivity index (χ2v) is 0.251. The normalized spacial score (nSPS) is 5.25. The summed E-state index contributed by atoms with van der Waals surface area (Å²) in [5, 5.41) is 0. The molecular weight excluding hydrogens is 97.9 g/mol. The Kier molecular flexibility index (Phi) is 20.2. The van der Waals surface area contributed by atoms with Crippen molar-refractivity contribution < 1.29 is 23.0 Å². The van der Waals surface area contributed by atoms with Crippen molar-refractivity contribution in [3.05, 3.63) is 0 Å². The van der Waals surface area contributed by atoms with Gasteiger partial charge < -0.3 is 0 Å². The van der Waals surface area contributed by atoms with Gasteiger partial charge in [0, 0.05) is 18.9 Å². The zero-order valence-corrected chi connectivity index (χ0v) is 3.23. The first-order valence-corrected chi connectivity index (χ1v) is 1.18. The van der Waals surface area contributed by atoms with Crippen molar-refractivity contribution in [2.24, 2.45) is 0 Å². The van der Waals surface area contributed by atoms with Crippen LogP contribution in [0.25, 0.3) is 0 Å². The second-order valence-electron chi connectivity index (χ2n) is 0.0609. The van der Waals surface area contributed by atoms with Crippen LogP contribution in [0.5, 0.6) is 0 Å². The van der Waals surface area contributed by atoms with Gasteiger partial charge in [-0.05, 0) is 0 Å². The van der Waals surface area contributed by atoms with E-state index in [-0.39, 0.29) is 18.9 Å². The molecule has 0 aliphatic rings. The number of hydrogen-bond acceptors (Lipinski definition) is 1. The fraction of sp³-hybridized carbons (Fsp3) is 0. The Bertz CT molecular complexity index is 13.5. The summed E-state index contributed by atoms with van der Waals surface area (Å²) in [5.41, 5.74) is 0. The molecule has 23 valence electrons. The van der Waals surface area contributed by atoms with E-state index in [0.29, 0.717) is 0 Å². The van der Waals surface area contributed by atoms with E-state index in [0.717, 1.165) is 0 Å². The number of rotatable bonds is 0. The molecule has 0 saturated carbocycles. The fourth-order valence-electron chi connectivity index (χ4n) is 0. The van der Waals surface area contributed by atoms with Gasteiger partial charge in [-0.2, -0.15) is 0 Å². The van der Waals surface area contributed by atoms with Crippen molar-refractivity contribution in [2.75, 3.05) is 0 Å². The maximum atomic E-state index is 8.45. The molecule has 0 heterocycles. The molecule has 0 unspecified atom stereocenters. The number of hydrogen-bond donors (Lipinski definition) is 1. The van der Waals surface area contributed by atoms with Crippen LogP contribution in [0.15, 0.2) is 0 Å². The molecule has 0 saturated heterocycles. The predicted octanol–water partition coefficient (Wildman–Crippen LogP) is -1.06.